The lowest BCUT2D eigenvalue weighted by atomic mass is 10.3. The van der Waals surface area contributed by atoms with Crippen molar-refractivity contribution in [1.82, 2.24) is 10.3 Å². The molecular weight excluding hydrogens is 331 g/mol. The van der Waals surface area contributed by atoms with Crippen molar-refractivity contribution in [2.45, 2.75) is 12.6 Å². The van der Waals surface area contributed by atoms with Gasteiger partial charge in [-0.25, -0.2) is 9.78 Å². The van der Waals surface area contributed by atoms with E-state index in [9.17, 15) is 13.2 Å². The topological polar surface area (TPSA) is 65.5 Å². The summed E-state index contributed by atoms with van der Waals surface area (Å²) in [6, 6.07) is 8.36. The summed E-state index contributed by atoms with van der Waals surface area (Å²) in [5.74, 6) is -2.76. The number of anilines is 1. The van der Waals surface area contributed by atoms with Crippen LogP contribution in [0, 0.1) is 0 Å². The Balaban J connectivity index is 0.000000236. The van der Waals surface area contributed by atoms with Crippen LogP contribution in [0.1, 0.15) is 6.42 Å². The van der Waals surface area contributed by atoms with Crippen molar-refractivity contribution in [2.75, 3.05) is 31.1 Å². The molecule has 5 nitrogen and oxygen atoms in total. The highest BCUT2D eigenvalue weighted by molar-refractivity contribution is 7.22. The Morgan fingerprint density at radius 2 is 1.96 bits per heavy atom. The van der Waals surface area contributed by atoms with E-state index in [4.69, 9.17) is 14.9 Å². The van der Waals surface area contributed by atoms with E-state index in [1.807, 2.05) is 0 Å². The molecule has 0 saturated carbocycles. The number of carboxylic acid groups (broad SMARTS) is 1. The number of nitrogens with one attached hydrogen (secondary N) is 1. The molecule has 1 aromatic heterocycles. The lowest BCUT2D eigenvalue weighted by Gasteiger charge is -2.17. The van der Waals surface area contributed by atoms with Crippen LogP contribution in [0.25, 0.3) is 10.2 Å². The van der Waals surface area contributed by atoms with E-state index in [0.717, 1.165) is 31.7 Å². The van der Waals surface area contributed by atoms with Crippen molar-refractivity contribution in [1.29, 1.82) is 0 Å². The fourth-order valence-corrected chi connectivity index (χ4v) is 3.05. The maximum absolute atomic E-state index is 10.6. The average molecular weight is 347 g/mol. The maximum Gasteiger partial charge on any atom is 0.490 e. The molecular formula is C14H16F3N3O2S. The van der Waals surface area contributed by atoms with Crippen molar-refractivity contribution in [3.63, 3.8) is 0 Å². The number of hydrogen-bond acceptors (Lipinski definition) is 5. The highest BCUT2D eigenvalue weighted by Gasteiger charge is 2.38. The number of para-hydroxylation sites is 1. The standard InChI is InChI=1S/C12H15N3S.C2HF3O2/c1-2-5-11-10(4-1)14-12(16-11)15-8-3-6-13-7-9-15;3-2(4,5)1(6)7/h1-2,4-5,13H,3,6-9H2;(H,6,7). The third-order valence-electron chi connectivity index (χ3n) is 3.14. The Hall–Kier alpha value is -1.87. The van der Waals surface area contributed by atoms with Crippen LogP contribution >= 0.6 is 11.3 Å². The Morgan fingerprint density at radius 3 is 2.61 bits per heavy atom. The normalized spacial score (nSPS) is 15.7. The Bertz CT molecular complexity index is 619. The van der Waals surface area contributed by atoms with Gasteiger partial charge in [-0.15, -0.1) is 0 Å². The minimum absolute atomic E-state index is 1.07. The molecule has 0 radical (unpaired) electrons. The van der Waals surface area contributed by atoms with E-state index in [0.29, 0.717) is 0 Å². The SMILES string of the molecule is O=C(O)C(F)(F)F.c1ccc2sc(N3CCCNCC3)nc2c1. The van der Waals surface area contributed by atoms with Gasteiger partial charge in [0.05, 0.1) is 10.2 Å². The number of carbonyl (C=O) groups is 1. The number of carboxylic acids is 1. The van der Waals surface area contributed by atoms with Crippen LogP contribution in [0.15, 0.2) is 24.3 Å². The molecule has 0 bridgehead atoms. The van der Waals surface area contributed by atoms with E-state index in [1.54, 1.807) is 11.3 Å². The molecule has 2 heterocycles. The zero-order chi connectivity index (χ0) is 16.9. The number of aromatic nitrogens is 1. The summed E-state index contributed by atoms with van der Waals surface area (Å²) < 4.78 is 33.0. The van der Waals surface area contributed by atoms with Crippen molar-refractivity contribution >= 4 is 32.7 Å². The average Bonchev–Trinajstić information content (AvgIpc) is 2.73. The van der Waals surface area contributed by atoms with Gasteiger partial charge in [0.2, 0.25) is 0 Å². The fourth-order valence-electron chi connectivity index (χ4n) is 2.03. The molecule has 1 aliphatic heterocycles. The van der Waals surface area contributed by atoms with E-state index in [1.165, 1.54) is 16.3 Å². The van der Waals surface area contributed by atoms with Gasteiger partial charge in [0.1, 0.15) is 0 Å². The van der Waals surface area contributed by atoms with Gasteiger partial charge < -0.3 is 15.3 Å². The van der Waals surface area contributed by atoms with Gasteiger partial charge >= 0.3 is 12.1 Å². The van der Waals surface area contributed by atoms with Crippen molar-refractivity contribution in [2.24, 2.45) is 0 Å². The summed E-state index contributed by atoms with van der Waals surface area (Å²) >= 11 is 1.80. The van der Waals surface area contributed by atoms with Crippen molar-refractivity contribution < 1.29 is 23.1 Å². The summed E-state index contributed by atoms with van der Waals surface area (Å²) in [7, 11) is 0. The predicted molar refractivity (Wildman–Crippen MR) is 83.0 cm³/mol. The van der Waals surface area contributed by atoms with Gasteiger partial charge in [0, 0.05) is 19.6 Å². The molecule has 1 aromatic carbocycles. The second kappa shape index (κ2) is 7.60. The van der Waals surface area contributed by atoms with Crippen LogP contribution in [-0.2, 0) is 4.79 Å². The smallest absolute Gasteiger partial charge is 0.475 e. The molecule has 126 valence electrons. The van der Waals surface area contributed by atoms with Crippen LogP contribution in [0.5, 0.6) is 0 Å². The molecule has 0 amide bonds. The van der Waals surface area contributed by atoms with E-state index in [2.05, 4.69) is 34.5 Å². The second-order valence-corrected chi connectivity index (χ2v) is 5.87. The molecule has 23 heavy (non-hydrogen) atoms. The van der Waals surface area contributed by atoms with E-state index in [-0.39, 0.29) is 0 Å². The minimum atomic E-state index is -5.08. The van der Waals surface area contributed by atoms with E-state index >= 15 is 0 Å². The third-order valence-corrected chi connectivity index (χ3v) is 4.23. The highest BCUT2D eigenvalue weighted by Crippen LogP contribution is 2.28. The number of rotatable bonds is 1. The Kier molecular flexibility index (Phi) is 5.78. The number of fused-ring (bicyclic) bond motifs is 1. The summed E-state index contributed by atoms with van der Waals surface area (Å²) in [6.45, 7) is 4.38. The summed E-state index contributed by atoms with van der Waals surface area (Å²) in [5.41, 5.74) is 1.12. The number of halogens is 3. The third kappa shape index (κ3) is 5.07. The van der Waals surface area contributed by atoms with Gasteiger partial charge in [-0.3, -0.25) is 0 Å². The molecule has 0 atom stereocenters. The highest BCUT2D eigenvalue weighted by atomic mass is 32.1. The predicted octanol–water partition coefficient (Wildman–Crippen LogP) is 2.73. The molecule has 2 N–H and O–H groups in total. The molecule has 9 heteroatoms. The van der Waals surface area contributed by atoms with E-state index < -0.39 is 12.1 Å². The molecule has 1 saturated heterocycles. The largest absolute Gasteiger partial charge is 0.490 e. The first-order valence-corrected chi connectivity index (χ1v) is 7.81. The van der Waals surface area contributed by atoms with Crippen molar-refractivity contribution in [3.05, 3.63) is 24.3 Å². The number of aliphatic carboxylic acids is 1. The minimum Gasteiger partial charge on any atom is -0.475 e. The van der Waals surface area contributed by atoms with Crippen LogP contribution < -0.4 is 10.2 Å². The van der Waals surface area contributed by atoms with Gasteiger partial charge in [-0.1, -0.05) is 23.5 Å². The first kappa shape index (κ1) is 17.5. The molecule has 1 aliphatic rings. The molecule has 2 aromatic rings. The second-order valence-electron chi connectivity index (χ2n) is 4.86. The first-order chi connectivity index (χ1) is 10.9. The Labute approximate surface area is 134 Å². The zero-order valence-corrected chi connectivity index (χ0v) is 13.0. The number of thiazole rings is 1. The van der Waals surface area contributed by atoms with Crippen molar-refractivity contribution in [3.8, 4) is 0 Å². The van der Waals surface area contributed by atoms with Crippen LogP contribution in [0.4, 0.5) is 18.3 Å². The van der Waals surface area contributed by atoms with Crippen LogP contribution in [-0.4, -0.2) is 48.4 Å². The summed E-state index contributed by atoms with van der Waals surface area (Å²) in [6.07, 6.45) is -3.88. The zero-order valence-electron chi connectivity index (χ0n) is 12.1. The lowest BCUT2D eigenvalue weighted by molar-refractivity contribution is -0.192. The number of hydrogen-bond donors (Lipinski definition) is 2. The fraction of sp³-hybridized carbons (Fsp3) is 0.429. The van der Waals surface area contributed by atoms with Crippen LogP contribution in [0.2, 0.25) is 0 Å². The maximum atomic E-state index is 10.6. The van der Waals surface area contributed by atoms with Gasteiger partial charge in [0.25, 0.3) is 0 Å². The van der Waals surface area contributed by atoms with Crippen LogP contribution in [0.3, 0.4) is 0 Å². The quantitative estimate of drug-likeness (QED) is 0.830. The molecule has 3 rings (SSSR count). The number of benzene rings is 1. The summed E-state index contributed by atoms with van der Waals surface area (Å²) in [5, 5.41) is 11.7. The summed E-state index contributed by atoms with van der Waals surface area (Å²) in [4.78, 5) is 16.0. The van der Waals surface area contributed by atoms with Gasteiger partial charge in [0.15, 0.2) is 5.13 Å². The van der Waals surface area contributed by atoms with Gasteiger partial charge in [-0.2, -0.15) is 13.2 Å². The van der Waals surface area contributed by atoms with Gasteiger partial charge in [-0.05, 0) is 25.1 Å². The first-order valence-electron chi connectivity index (χ1n) is 6.99. The molecule has 0 unspecified atom stereocenters. The number of nitrogens with zero attached hydrogens (tertiary/aromatic N) is 2. The monoisotopic (exact) mass is 347 g/mol. The lowest BCUT2D eigenvalue weighted by Crippen LogP contribution is -2.27. The molecule has 0 aliphatic carbocycles. The number of alkyl halides is 3. The Morgan fingerprint density at radius 1 is 1.26 bits per heavy atom. The molecule has 0 spiro atoms. The molecule has 1 fully saturated rings.